The molecule has 1 atom stereocenters. The summed E-state index contributed by atoms with van der Waals surface area (Å²) in [6.07, 6.45) is 5.13. The predicted octanol–water partition coefficient (Wildman–Crippen LogP) is 1.54. The lowest BCUT2D eigenvalue weighted by atomic mass is 9.67. The van der Waals surface area contributed by atoms with Gasteiger partial charge in [-0.1, -0.05) is 20.3 Å². The van der Waals surface area contributed by atoms with Crippen LogP contribution < -0.4 is 10.6 Å². The van der Waals surface area contributed by atoms with Crippen molar-refractivity contribution in [1.82, 2.24) is 10.6 Å². The maximum absolute atomic E-state index is 11.9. The number of rotatable bonds is 5. The Morgan fingerprint density at radius 3 is 2.56 bits per heavy atom. The Morgan fingerprint density at radius 2 is 2.19 bits per heavy atom. The zero-order valence-electron chi connectivity index (χ0n) is 10.5. The van der Waals surface area contributed by atoms with Gasteiger partial charge in [-0.3, -0.25) is 4.79 Å². The maximum Gasteiger partial charge on any atom is 0.223 e. The topological polar surface area (TPSA) is 41.1 Å². The average Bonchev–Trinajstić information content (AvgIpc) is 2.13. The molecule has 0 aromatic heterocycles. The highest BCUT2D eigenvalue weighted by molar-refractivity contribution is 5.78. The minimum atomic E-state index is 0.176. The zero-order chi connectivity index (χ0) is 11.6. The lowest BCUT2D eigenvalue weighted by Crippen LogP contribution is -2.51. The highest BCUT2D eigenvalue weighted by Gasteiger charge is 2.36. The molecule has 1 unspecified atom stereocenters. The van der Waals surface area contributed by atoms with E-state index in [0.29, 0.717) is 11.3 Å². The van der Waals surface area contributed by atoms with E-state index in [4.69, 9.17) is 0 Å². The quantitative estimate of drug-likeness (QED) is 0.743. The Balaban J connectivity index is 1.74. The summed E-state index contributed by atoms with van der Waals surface area (Å²) in [5, 5.41) is 6.38. The number of carbonyl (C=O) groups excluding carboxylic acids is 1. The Hall–Kier alpha value is -0.570. The van der Waals surface area contributed by atoms with E-state index in [-0.39, 0.29) is 11.8 Å². The van der Waals surface area contributed by atoms with E-state index in [9.17, 15) is 4.79 Å². The molecule has 0 bridgehead atoms. The molecule has 0 aromatic carbocycles. The largest absolute Gasteiger partial charge is 0.355 e. The molecule has 3 heteroatoms. The van der Waals surface area contributed by atoms with Crippen molar-refractivity contribution in [3.63, 3.8) is 0 Å². The molecule has 2 fully saturated rings. The smallest absolute Gasteiger partial charge is 0.223 e. The fraction of sp³-hybridized carbons (Fsp3) is 0.923. The highest BCUT2D eigenvalue weighted by atomic mass is 16.1. The maximum atomic E-state index is 11.9. The summed E-state index contributed by atoms with van der Waals surface area (Å²) >= 11 is 0. The van der Waals surface area contributed by atoms with Crippen LogP contribution in [0.5, 0.6) is 0 Å². The third kappa shape index (κ3) is 2.24. The fourth-order valence-corrected chi connectivity index (χ4v) is 2.65. The first-order valence-electron chi connectivity index (χ1n) is 6.65. The van der Waals surface area contributed by atoms with Crippen molar-refractivity contribution in [2.75, 3.05) is 19.6 Å². The van der Waals surface area contributed by atoms with Gasteiger partial charge < -0.3 is 10.6 Å². The van der Waals surface area contributed by atoms with Gasteiger partial charge in [-0.2, -0.15) is 0 Å². The van der Waals surface area contributed by atoms with Crippen LogP contribution >= 0.6 is 0 Å². The van der Waals surface area contributed by atoms with Crippen molar-refractivity contribution in [3.05, 3.63) is 0 Å². The molecular weight excluding hydrogens is 200 g/mol. The molecule has 1 aliphatic heterocycles. The second kappa shape index (κ2) is 4.74. The number of hydrogen-bond acceptors (Lipinski definition) is 2. The number of amides is 1. The molecule has 1 saturated carbocycles. The molecule has 3 nitrogen and oxygen atoms in total. The van der Waals surface area contributed by atoms with Gasteiger partial charge in [-0.15, -0.1) is 0 Å². The van der Waals surface area contributed by atoms with E-state index in [2.05, 4.69) is 24.5 Å². The van der Waals surface area contributed by atoms with Gasteiger partial charge in [0.1, 0.15) is 0 Å². The molecule has 0 spiro atoms. The second-order valence-corrected chi connectivity index (χ2v) is 5.63. The Bertz CT molecular complexity index is 251. The third-order valence-electron chi connectivity index (χ3n) is 4.74. The van der Waals surface area contributed by atoms with Gasteiger partial charge in [0.05, 0.1) is 0 Å². The summed E-state index contributed by atoms with van der Waals surface area (Å²) in [6, 6.07) is 0. The second-order valence-electron chi connectivity index (χ2n) is 5.63. The summed E-state index contributed by atoms with van der Waals surface area (Å²) in [4.78, 5) is 11.9. The normalized spacial score (nSPS) is 25.4. The van der Waals surface area contributed by atoms with Gasteiger partial charge in [0.15, 0.2) is 0 Å². The van der Waals surface area contributed by atoms with Crippen molar-refractivity contribution >= 4 is 5.91 Å². The van der Waals surface area contributed by atoms with Gasteiger partial charge in [0.2, 0.25) is 5.91 Å². The van der Waals surface area contributed by atoms with E-state index < -0.39 is 0 Å². The van der Waals surface area contributed by atoms with Gasteiger partial charge in [0, 0.05) is 12.5 Å². The predicted molar refractivity (Wildman–Crippen MR) is 65.1 cm³/mol. The molecule has 2 aliphatic rings. The molecule has 2 N–H and O–H groups in total. The van der Waals surface area contributed by atoms with Crippen LogP contribution in [0.2, 0.25) is 0 Å². The van der Waals surface area contributed by atoms with Gasteiger partial charge >= 0.3 is 0 Å². The molecule has 1 heterocycles. The molecule has 16 heavy (non-hydrogen) atoms. The average molecular weight is 224 g/mol. The van der Waals surface area contributed by atoms with Crippen LogP contribution in [0.1, 0.15) is 39.5 Å². The van der Waals surface area contributed by atoms with Gasteiger partial charge in [-0.25, -0.2) is 0 Å². The lowest BCUT2D eigenvalue weighted by Gasteiger charge is -2.42. The Labute approximate surface area is 98.4 Å². The van der Waals surface area contributed by atoms with E-state index in [0.717, 1.165) is 19.6 Å². The van der Waals surface area contributed by atoms with Crippen molar-refractivity contribution in [2.24, 2.45) is 17.3 Å². The molecule has 1 amide bonds. The highest BCUT2D eigenvalue weighted by Crippen LogP contribution is 2.43. The molecular formula is C13H24N2O. The van der Waals surface area contributed by atoms with Crippen molar-refractivity contribution in [2.45, 2.75) is 39.5 Å². The standard InChI is InChI=1S/C13H24N2O/c1-3-13(5-4-6-13)9-15-12(16)10(2)11-7-14-8-11/h10-11,14H,3-9H2,1-2H3,(H,15,16). The molecule has 2 rings (SSSR count). The first kappa shape index (κ1) is 11.9. The minimum Gasteiger partial charge on any atom is -0.355 e. The molecule has 1 aliphatic carbocycles. The number of nitrogens with one attached hydrogen (secondary N) is 2. The van der Waals surface area contributed by atoms with E-state index >= 15 is 0 Å². The van der Waals surface area contributed by atoms with Crippen LogP contribution in [-0.2, 0) is 4.79 Å². The van der Waals surface area contributed by atoms with Crippen molar-refractivity contribution in [1.29, 1.82) is 0 Å². The van der Waals surface area contributed by atoms with Gasteiger partial charge in [-0.05, 0) is 43.7 Å². The van der Waals surface area contributed by atoms with Crippen LogP contribution in [0.15, 0.2) is 0 Å². The first-order chi connectivity index (χ1) is 7.67. The van der Waals surface area contributed by atoms with E-state index in [1.54, 1.807) is 0 Å². The van der Waals surface area contributed by atoms with Gasteiger partial charge in [0.25, 0.3) is 0 Å². The molecule has 0 radical (unpaired) electrons. The number of hydrogen-bond donors (Lipinski definition) is 2. The fourth-order valence-electron chi connectivity index (χ4n) is 2.65. The molecule has 0 aromatic rings. The monoisotopic (exact) mass is 224 g/mol. The van der Waals surface area contributed by atoms with Crippen LogP contribution in [0, 0.1) is 17.3 Å². The molecule has 1 saturated heterocycles. The zero-order valence-corrected chi connectivity index (χ0v) is 10.5. The van der Waals surface area contributed by atoms with Crippen LogP contribution in [0.3, 0.4) is 0 Å². The molecule has 92 valence electrons. The number of carbonyl (C=O) groups is 1. The Morgan fingerprint density at radius 1 is 1.50 bits per heavy atom. The SMILES string of the molecule is CCC1(CNC(=O)C(C)C2CNC2)CCC1. The summed E-state index contributed by atoms with van der Waals surface area (Å²) in [7, 11) is 0. The summed E-state index contributed by atoms with van der Waals surface area (Å²) in [5.74, 6) is 0.987. The van der Waals surface area contributed by atoms with Crippen molar-refractivity contribution < 1.29 is 4.79 Å². The van der Waals surface area contributed by atoms with Crippen molar-refractivity contribution in [3.8, 4) is 0 Å². The summed E-state index contributed by atoms with van der Waals surface area (Å²) in [6.45, 7) is 7.21. The van der Waals surface area contributed by atoms with Crippen LogP contribution in [0.4, 0.5) is 0 Å². The summed E-state index contributed by atoms with van der Waals surface area (Å²) in [5.41, 5.74) is 0.438. The minimum absolute atomic E-state index is 0.176. The third-order valence-corrected chi connectivity index (χ3v) is 4.74. The summed E-state index contributed by atoms with van der Waals surface area (Å²) < 4.78 is 0. The lowest BCUT2D eigenvalue weighted by molar-refractivity contribution is -0.127. The van der Waals surface area contributed by atoms with Crippen LogP contribution in [0.25, 0.3) is 0 Å². The van der Waals surface area contributed by atoms with E-state index in [1.807, 2.05) is 0 Å². The van der Waals surface area contributed by atoms with E-state index in [1.165, 1.54) is 25.7 Å². The first-order valence-corrected chi connectivity index (χ1v) is 6.65. The van der Waals surface area contributed by atoms with Crippen LogP contribution in [-0.4, -0.2) is 25.5 Å². The Kier molecular flexibility index (Phi) is 3.53.